The van der Waals surface area contributed by atoms with Crippen molar-refractivity contribution in [2.24, 2.45) is 13.0 Å². The van der Waals surface area contributed by atoms with Crippen LogP contribution in [0.2, 0.25) is 5.15 Å². The summed E-state index contributed by atoms with van der Waals surface area (Å²) in [5.41, 5.74) is 2.99. The molecule has 9 heteroatoms. The number of aromatic nitrogens is 6. The van der Waals surface area contributed by atoms with E-state index in [1.807, 2.05) is 25.1 Å². The standard InChI is InChI=1S/C19H22ClN7O/c1-12(2)11-27-18(20)16(13(3)23-27)8-9-17(28)21-15-7-5-6-14(10-15)19-22-24-25-26(19)4/h5-10,12H,11H2,1-4H3,(H,21,28)/b9-8+. The molecule has 1 aromatic carbocycles. The fourth-order valence-electron chi connectivity index (χ4n) is 2.78. The summed E-state index contributed by atoms with van der Waals surface area (Å²) in [5, 5.41) is 19.2. The Labute approximate surface area is 168 Å². The molecule has 28 heavy (non-hydrogen) atoms. The summed E-state index contributed by atoms with van der Waals surface area (Å²) < 4.78 is 3.33. The van der Waals surface area contributed by atoms with E-state index >= 15 is 0 Å². The van der Waals surface area contributed by atoms with Crippen LogP contribution < -0.4 is 5.32 Å². The summed E-state index contributed by atoms with van der Waals surface area (Å²) in [7, 11) is 1.76. The zero-order valence-corrected chi connectivity index (χ0v) is 17.0. The van der Waals surface area contributed by atoms with Crippen molar-refractivity contribution < 1.29 is 4.79 Å². The molecule has 0 aliphatic rings. The minimum absolute atomic E-state index is 0.264. The monoisotopic (exact) mass is 399 g/mol. The minimum atomic E-state index is -0.264. The van der Waals surface area contributed by atoms with E-state index in [-0.39, 0.29) is 5.91 Å². The van der Waals surface area contributed by atoms with Crippen LogP contribution in [0.5, 0.6) is 0 Å². The number of carbonyl (C=O) groups excluding carboxylic acids is 1. The summed E-state index contributed by atoms with van der Waals surface area (Å²) >= 11 is 6.41. The van der Waals surface area contributed by atoms with Gasteiger partial charge in [-0.2, -0.15) is 5.10 Å². The molecule has 0 saturated carbocycles. The van der Waals surface area contributed by atoms with Gasteiger partial charge < -0.3 is 5.32 Å². The van der Waals surface area contributed by atoms with Crippen molar-refractivity contribution in [2.45, 2.75) is 27.3 Å². The van der Waals surface area contributed by atoms with Crippen molar-refractivity contribution in [3.8, 4) is 11.4 Å². The highest BCUT2D eigenvalue weighted by atomic mass is 35.5. The van der Waals surface area contributed by atoms with Crippen molar-refractivity contribution in [3.63, 3.8) is 0 Å². The highest BCUT2D eigenvalue weighted by Gasteiger charge is 2.12. The van der Waals surface area contributed by atoms with Gasteiger partial charge in [0.1, 0.15) is 5.15 Å². The molecule has 0 spiro atoms. The number of tetrazole rings is 1. The molecule has 1 N–H and O–H groups in total. The zero-order valence-electron chi connectivity index (χ0n) is 16.2. The second kappa shape index (κ2) is 8.35. The SMILES string of the molecule is Cc1nn(CC(C)C)c(Cl)c1/C=C/C(=O)Nc1cccc(-c2nnnn2C)c1. The molecule has 0 aliphatic carbocycles. The number of nitrogens with zero attached hydrogens (tertiary/aromatic N) is 6. The van der Waals surface area contributed by atoms with Gasteiger partial charge in [-0.15, -0.1) is 5.10 Å². The number of halogens is 1. The lowest BCUT2D eigenvalue weighted by Crippen LogP contribution is -2.08. The second-order valence-electron chi connectivity index (χ2n) is 6.90. The fraction of sp³-hybridized carbons (Fsp3) is 0.316. The van der Waals surface area contributed by atoms with Gasteiger partial charge in [-0.3, -0.25) is 9.48 Å². The Hall–Kier alpha value is -3.00. The van der Waals surface area contributed by atoms with Gasteiger partial charge in [0.15, 0.2) is 5.82 Å². The van der Waals surface area contributed by atoms with E-state index in [1.165, 1.54) is 6.08 Å². The van der Waals surface area contributed by atoms with Crippen LogP contribution in [0.1, 0.15) is 25.1 Å². The van der Waals surface area contributed by atoms with Gasteiger partial charge >= 0.3 is 0 Å². The predicted molar refractivity (Wildman–Crippen MR) is 109 cm³/mol. The molecule has 0 radical (unpaired) electrons. The van der Waals surface area contributed by atoms with Crippen LogP contribution >= 0.6 is 11.6 Å². The van der Waals surface area contributed by atoms with Crippen LogP contribution in [0, 0.1) is 12.8 Å². The second-order valence-corrected chi connectivity index (χ2v) is 7.25. The molecule has 0 saturated heterocycles. The van der Waals surface area contributed by atoms with Crippen molar-refractivity contribution in [1.82, 2.24) is 30.0 Å². The number of aryl methyl sites for hydroxylation is 2. The molecule has 0 atom stereocenters. The summed E-state index contributed by atoms with van der Waals surface area (Å²) in [6.45, 7) is 6.80. The molecular weight excluding hydrogens is 378 g/mol. The number of rotatable bonds is 6. The van der Waals surface area contributed by atoms with Gasteiger partial charge in [-0.05, 0) is 41.5 Å². The summed E-state index contributed by atoms with van der Waals surface area (Å²) in [5.74, 6) is 0.778. The lowest BCUT2D eigenvalue weighted by molar-refractivity contribution is -0.111. The molecule has 0 unspecified atom stereocenters. The van der Waals surface area contributed by atoms with Crippen LogP contribution in [0.25, 0.3) is 17.5 Å². The van der Waals surface area contributed by atoms with E-state index in [2.05, 4.69) is 39.8 Å². The lowest BCUT2D eigenvalue weighted by Gasteiger charge is -2.06. The summed E-state index contributed by atoms with van der Waals surface area (Å²) in [4.78, 5) is 12.3. The van der Waals surface area contributed by atoms with E-state index in [1.54, 1.807) is 28.6 Å². The Morgan fingerprint density at radius 1 is 1.36 bits per heavy atom. The van der Waals surface area contributed by atoms with Crippen molar-refractivity contribution >= 4 is 29.3 Å². The minimum Gasteiger partial charge on any atom is -0.322 e. The van der Waals surface area contributed by atoms with Crippen LogP contribution in [0.15, 0.2) is 30.3 Å². The van der Waals surface area contributed by atoms with Gasteiger partial charge in [-0.25, -0.2) is 4.68 Å². The Morgan fingerprint density at radius 3 is 2.82 bits per heavy atom. The summed E-state index contributed by atoms with van der Waals surface area (Å²) in [6.07, 6.45) is 3.14. The van der Waals surface area contributed by atoms with Crippen LogP contribution in [0.3, 0.4) is 0 Å². The van der Waals surface area contributed by atoms with Crippen LogP contribution in [0.4, 0.5) is 5.69 Å². The third-order valence-corrected chi connectivity index (χ3v) is 4.46. The first-order chi connectivity index (χ1) is 13.3. The number of hydrogen-bond donors (Lipinski definition) is 1. The van der Waals surface area contributed by atoms with Gasteiger partial charge in [-0.1, -0.05) is 37.6 Å². The van der Waals surface area contributed by atoms with E-state index in [0.29, 0.717) is 22.6 Å². The quantitative estimate of drug-likeness (QED) is 0.642. The molecular formula is C19H22ClN7O. The molecule has 146 valence electrons. The fourth-order valence-corrected chi connectivity index (χ4v) is 3.08. The first-order valence-corrected chi connectivity index (χ1v) is 9.27. The Bertz CT molecular complexity index is 1020. The molecule has 1 amide bonds. The molecule has 3 aromatic rings. The maximum atomic E-state index is 12.3. The third kappa shape index (κ3) is 4.45. The Kier molecular flexibility index (Phi) is 5.89. The molecule has 0 aliphatic heterocycles. The van der Waals surface area contributed by atoms with Crippen molar-refractivity contribution in [1.29, 1.82) is 0 Å². The van der Waals surface area contributed by atoms with Gasteiger partial charge in [0.05, 0.1) is 5.69 Å². The van der Waals surface area contributed by atoms with Gasteiger partial charge in [0, 0.05) is 36.5 Å². The highest BCUT2D eigenvalue weighted by Crippen LogP contribution is 2.23. The Morgan fingerprint density at radius 2 is 2.14 bits per heavy atom. The largest absolute Gasteiger partial charge is 0.322 e. The first kappa shape index (κ1) is 19.8. The number of nitrogens with one attached hydrogen (secondary N) is 1. The topological polar surface area (TPSA) is 90.5 Å². The Balaban J connectivity index is 1.73. The van der Waals surface area contributed by atoms with E-state index < -0.39 is 0 Å². The average molecular weight is 400 g/mol. The number of benzene rings is 1. The molecule has 2 aromatic heterocycles. The van der Waals surface area contributed by atoms with Crippen LogP contribution in [-0.2, 0) is 18.4 Å². The van der Waals surface area contributed by atoms with Crippen molar-refractivity contribution in [3.05, 3.63) is 46.8 Å². The average Bonchev–Trinajstić information content (AvgIpc) is 3.17. The normalized spacial score (nSPS) is 11.5. The maximum absolute atomic E-state index is 12.3. The van der Waals surface area contributed by atoms with Gasteiger partial charge in [0.25, 0.3) is 0 Å². The number of anilines is 1. The smallest absolute Gasteiger partial charge is 0.248 e. The lowest BCUT2D eigenvalue weighted by atomic mass is 10.2. The predicted octanol–water partition coefficient (Wildman–Crippen LogP) is 3.34. The number of amides is 1. The first-order valence-electron chi connectivity index (χ1n) is 8.90. The zero-order chi connectivity index (χ0) is 20.3. The maximum Gasteiger partial charge on any atom is 0.248 e. The number of carbonyl (C=O) groups is 1. The summed E-state index contributed by atoms with van der Waals surface area (Å²) in [6, 6.07) is 7.33. The van der Waals surface area contributed by atoms with E-state index in [4.69, 9.17) is 11.6 Å². The molecule has 3 rings (SSSR count). The molecule has 2 heterocycles. The van der Waals surface area contributed by atoms with E-state index in [9.17, 15) is 4.79 Å². The van der Waals surface area contributed by atoms with E-state index in [0.717, 1.165) is 23.4 Å². The number of hydrogen-bond acceptors (Lipinski definition) is 5. The molecule has 0 bridgehead atoms. The van der Waals surface area contributed by atoms with Gasteiger partial charge in [0.2, 0.25) is 5.91 Å². The third-order valence-electron chi connectivity index (χ3n) is 4.06. The van der Waals surface area contributed by atoms with Crippen LogP contribution in [-0.4, -0.2) is 35.9 Å². The molecule has 0 fully saturated rings. The molecule has 8 nitrogen and oxygen atoms in total. The highest BCUT2D eigenvalue weighted by molar-refractivity contribution is 6.31. The van der Waals surface area contributed by atoms with Crippen molar-refractivity contribution in [2.75, 3.05) is 5.32 Å².